The monoisotopic (exact) mass is 306 g/mol. The molecule has 0 spiro atoms. The molecule has 2 aromatic carbocycles. The van der Waals surface area contributed by atoms with Crippen molar-refractivity contribution in [1.82, 2.24) is 5.32 Å². The normalized spacial score (nSPS) is 10.3. The topological polar surface area (TPSA) is 41.1 Å². The van der Waals surface area contributed by atoms with Crippen LogP contribution in [-0.4, -0.2) is 13.0 Å². The van der Waals surface area contributed by atoms with Gasteiger partial charge in [0.25, 0.3) is 5.91 Å². The largest absolute Gasteiger partial charge is 0.381 e. The summed E-state index contributed by atoms with van der Waals surface area (Å²) in [5, 5.41) is 5.84. The number of aryl methyl sites for hydroxylation is 1. The highest BCUT2D eigenvalue weighted by molar-refractivity contribution is 6.30. The maximum absolute atomic E-state index is 13.8. The van der Waals surface area contributed by atoms with Crippen molar-refractivity contribution in [2.45, 2.75) is 13.5 Å². The zero-order valence-electron chi connectivity index (χ0n) is 11.8. The van der Waals surface area contributed by atoms with Gasteiger partial charge in [0.2, 0.25) is 0 Å². The molecular weight excluding hydrogens is 291 g/mol. The summed E-state index contributed by atoms with van der Waals surface area (Å²) in [5.41, 5.74) is 2.85. The van der Waals surface area contributed by atoms with E-state index < -0.39 is 5.82 Å². The van der Waals surface area contributed by atoms with Gasteiger partial charge in [0.05, 0.1) is 5.02 Å². The summed E-state index contributed by atoms with van der Waals surface area (Å²) >= 11 is 5.75. The van der Waals surface area contributed by atoms with Crippen LogP contribution in [0.25, 0.3) is 0 Å². The second-order valence-corrected chi connectivity index (χ2v) is 5.08. The molecule has 0 aliphatic rings. The number of carbonyl (C=O) groups excluding carboxylic acids is 1. The summed E-state index contributed by atoms with van der Waals surface area (Å²) in [7, 11) is 1.59. The van der Waals surface area contributed by atoms with Crippen LogP contribution < -0.4 is 10.6 Å². The minimum absolute atomic E-state index is 0.112. The van der Waals surface area contributed by atoms with Gasteiger partial charge in [-0.15, -0.1) is 0 Å². The Balaban J connectivity index is 2.13. The second-order valence-electron chi connectivity index (χ2n) is 4.68. The van der Waals surface area contributed by atoms with Gasteiger partial charge < -0.3 is 10.6 Å². The van der Waals surface area contributed by atoms with Crippen molar-refractivity contribution in [2.24, 2.45) is 0 Å². The van der Waals surface area contributed by atoms with Crippen molar-refractivity contribution in [3.63, 3.8) is 0 Å². The molecule has 0 bridgehead atoms. The predicted octanol–water partition coefficient (Wildman–Crippen LogP) is 3.76. The van der Waals surface area contributed by atoms with E-state index in [9.17, 15) is 9.18 Å². The average Bonchev–Trinajstić information content (AvgIpc) is 2.49. The van der Waals surface area contributed by atoms with Gasteiger partial charge in [-0.05, 0) is 36.8 Å². The highest BCUT2D eigenvalue weighted by Crippen LogP contribution is 2.21. The molecule has 1 amide bonds. The Hall–Kier alpha value is -2.07. The van der Waals surface area contributed by atoms with Crippen LogP contribution in [0, 0.1) is 12.7 Å². The van der Waals surface area contributed by atoms with Crippen LogP contribution in [-0.2, 0) is 6.54 Å². The second kappa shape index (κ2) is 6.59. The van der Waals surface area contributed by atoms with E-state index in [1.54, 1.807) is 31.3 Å². The quantitative estimate of drug-likeness (QED) is 0.903. The molecule has 0 atom stereocenters. The molecular formula is C16H16ClFN2O. The Morgan fingerprint density at radius 1 is 1.29 bits per heavy atom. The third kappa shape index (κ3) is 3.52. The van der Waals surface area contributed by atoms with Crippen molar-refractivity contribution >= 4 is 23.2 Å². The van der Waals surface area contributed by atoms with E-state index in [1.807, 2.05) is 13.0 Å². The molecule has 5 heteroatoms. The molecule has 0 aliphatic carbocycles. The minimum atomic E-state index is -0.411. The first-order valence-corrected chi connectivity index (χ1v) is 6.90. The standard InChI is InChI=1S/C16H16ClFN2O/c1-10-8-11(16(21)19-2)6-7-14(10)20-9-12-4-3-5-13(17)15(12)18/h3-8,20H,9H2,1-2H3,(H,19,21). The Bertz CT molecular complexity index is 673. The van der Waals surface area contributed by atoms with Gasteiger partial charge in [0.1, 0.15) is 5.82 Å². The lowest BCUT2D eigenvalue weighted by atomic mass is 10.1. The fraction of sp³-hybridized carbons (Fsp3) is 0.188. The Kier molecular flexibility index (Phi) is 4.81. The number of benzene rings is 2. The number of anilines is 1. The number of hydrogen-bond acceptors (Lipinski definition) is 2. The lowest BCUT2D eigenvalue weighted by Crippen LogP contribution is -2.18. The first-order valence-electron chi connectivity index (χ1n) is 6.52. The maximum Gasteiger partial charge on any atom is 0.251 e. The fourth-order valence-electron chi connectivity index (χ4n) is 2.02. The zero-order chi connectivity index (χ0) is 15.4. The Morgan fingerprint density at radius 2 is 2.05 bits per heavy atom. The first kappa shape index (κ1) is 15.3. The molecule has 0 saturated carbocycles. The van der Waals surface area contributed by atoms with Crippen LogP contribution in [0.4, 0.5) is 10.1 Å². The van der Waals surface area contributed by atoms with Gasteiger partial charge in [-0.3, -0.25) is 4.79 Å². The molecule has 2 aromatic rings. The third-order valence-electron chi connectivity index (χ3n) is 3.22. The molecule has 3 nitrogen and oxygen atoms in total. The SMILES string of the molecule is CNC(=O)c1ccc(NCc2cccc(Cl)c2F)c(C)c1. The highest BCUT2D eigenvalue weighted by Gasteiger charge is 2.08. The average molecular weight is 307 g/mol. The van der Waals surface area contributed by atoms with Crippen molar-refractivity contribution in [1.29, 1.82) is 0 Å². The Morgan fingerprint density at radius 3 is 2.71 bits per heavy atom. The van der Waals surface area contributed by atoms with E-state index in [-0.39, 0.29) is 10.9 Å². The van der Waals surface area contributed by atoms with E-state index in [1.165, 1.54) is 6.07 Å². The van der Waals surface area contributed by atoms with Crippen LogP contribution in [0.3, 0.4) is 0 Å². The molecule has 0 radical (unpaired) electrons. The number of hydrogen-bond donors (Lipinski definition) is 2. The maximum atomic E-state index is 13.8. The molecule has 2 rings (SSSR count). The summed E-state index contributed by atoms with van der Waals surface area (Å²) in [6.45, 7) is 2.22. The summed E-state index contributed by atoms with van der Waals surface area (Å²) in [5.74, 6) is -0.545. The van der Waals surface area contributed by atoms with Gasteiger partial charge in [-0.2, -0.15) is 0 Å². The van der Waals surface area contributed by atoms with Crippen LogP contribution in [0.15, 0.2) is 36.4 Å². The zero-order valence-corrected chi connectivity index (χ0v) is 12.6. The van der Waals surface area contributed by atoms with Gasteiger partial charge in [-0.25, -0.2) is 4.39 Å². The van der Waals surface area contributed by atoms with Crippen LogP contribution in [0.5, 0.6) is 0 Å². The molecule has 2 N–H and O–H groups in total. The van der Waals surface area contributed by atoms with E-state index in [0.717, 1.165) is 11.3 Å². The first-order chi connectivity index (χ1) is 10.0. The number of amides is 1. The number of carbonyl (C=O) groups is 1. The summed E-state index contributed by atoms with van der Waals surface area (Å²) in [6, 6.07) is 10.2. The summed E-state index contributed by atoms with van der Waals surface area (Å²) in [6.07, 6.45) is 0. The fourth-order valence-corrected chi connectivity index (χ4v) is 2.22. The minimum Gasteiger partial charge on any atom is -0.381 e. The van der Waals surface area contributed by atoms with E-state index in [4.69, 9.17) is 11.6 Å². The lowest BCUT2D eigenvalue weighted by Gasteiger charge is -2.12. The molecule has 0 saturated heterocycles. The molecule has 0 unspecified atom stereocenters. The van der Waals surface area contributed by atoms with Gasteiger partial charge in [0, 0.05) is 30.4 Å². The van der Waals surface area contributed by atoms with Crippen LogP contribution >= 0.6 is 11.6 Å². The Labute approximate surface area is 128 Å². The van der Waals surface area contributed by atoms with Gasteiger partial charge in [0.15, 0.2) is 0 Å². The third-order valence-corrected chi connectivity index (χ3v) is 3.51. The van der Waals surface area contributed by atoms with E-state index >= 15 is 0 Å². The van der Waals surface area contributed by atoms with Gasteiger partial charge in [-0.1, -0.05) is 23.7 Å². The summed E-state index contributed by atoms with van der Waals surface area (Å²) < 4.78 is 13.8. The van der Waals surface area contributed by atoms with Gasteiger partial charge >= 0.3 is 0 Å². The van der Waals surface area contributed by atoms with E-state index in [2.05, 4.69) is 10.6 Å². The molecule has 110 valence electrons. The van der Waals surface area contributed by atoms with Crippen molar-refractivity contribution in [2.75, 3.05) is 12.4 Å². The highest BCUT2D eigenvalue weighted by atomic mass is 35.5. The molecule has 0 aromatic heterocycles. The molecule has 0 heterocycles. The molecule has 0 aliphatic heterocycles. The van der Waals surface area contributed by atoms with Crippen molar-refractivity contribution < 1.29 is 9.18 Å². The summed E-state index contributed by atoms with van der Waals surface area (Å²) in [4.78, 5) is 11.5. The number of halogens is 2. The molecule has 0 fully saturated rings. The van der Waals surface area contributed by atoms with Crippen LogP contribution in [0.2, 0.25) is 5.02 Å². The van der Waals surface area contributed by atoms with Crippen molar-refractivity contribution in [3.8, 4) is 0 Å². The smallest absolute Gasteiger partial charge is 0.251 e. The number of rotatable bonds is 4. The molecule has 21 heavy (non-hydrogen) atoms. The van der Waals surface area contributed by atoms with E-state index in [0.29, 0.717) is 17.7 Å². The predicted molar refractivity (Wildman–Crippen MR) is 83.3 cm³/mol. The number of nitrogens with one attached hydrogen (secondary N) is 2. The van der Waals surface area contributed by atoms with Crippen molar-refractivity contribution in [3.05, 3.63) is 63.9 Å². The lowest BCUT2D eigenvalue weighted by molar-refractivity contribution is 0.0963. The van der Waals surface area contributed by atoms with Crippen LogP contribution in [0.1, 0.15) is 21.5 Å².